The van der Waals surface area contributed by atoms with E-state index in [2.05, 4.69) is 10.3 Å². The lowest BCUT2D eigenvalue weighted by molar-refractivity contribution is 0.0940. The number of aromatic nitrogens is 1. The standard InChI is InChI=1S/C14H12Cl2N2O/c1-9(10-5-3-2-4-6-10)17-14(19)11-7-12(15)18-13(16)8-11/h2-9H,1H3,(H,17,19)/t9-/m1/s1. The SMILES string of the molecule is C[C@@H](NC(=O)c1cc(Cl)nc(Cl)c1)c1ccccc1. The molecule has 3 nitrogen and oxygen atoms in total. The lowest BCUT2D eigenvalue weighted by Gasteiger charge is -2.14. The Morgan fingerprint density at radius 2 is 1.74 bits per heavy atom. The third kappa shape index (κ3) is 3.69. The topological polar surface area (TPSA) is 42.0 Å². The highest BCUT2D eigenvalue weighted by Crippen LogP contribution is 2.16. The van der Waals surface area contributed by atoms with E-state index in [4.69, 9.17) is 23.2 Å². The smallest absolute Gasteiger partial charge is 0.251 e. The average Bonchev–Trinajstić information content (AvgIpc) is 2.38. The van der Waals surface area contributed by atoms with Crippen LogP contribution in [0.3, 0.4) is 0 Å². The summed E-state index contributed by atoms with van der Waals surface area (Å²) in [6.07, 6.45) is 0. The molecule has 1 atom stereocenters. The van der Waals surface area contributed by atoms with E-state index in [9.17, 15) is 4.79 Å². The largest absolute Gasteiger partial charge is 0.346 e. The molecule has 1 amide bonds. The van der Waals surface area contributed by atoms with E-state index in [1.807, 2.05) is 37.3 Å². The van der Waals surface area contributed by atoms with Crippen molar-refractivity contribution in [3.63, 3.8) is 0 Å². The fourth-order valence-electron chi connectivity index (χ4n) is 1.70. The molecule has 0 saturated heterocycles. The molecule has 2 aromatic rings. The molecule has 0 spiro atoms. The molecule has 1 aromatic heterocycles. The molecule has 0 unspecified atom stereocenters. The van der Waals surface area contributed by atoms with E-state index in [1.54, 1.807) is 0 Å². The van der Waals surface area contributed by atoms with Gasteiger partial charge in [0.2, 0.25) is 0 Å². The van der Waals surface area contributed by atoms with E-state index in [0.29, 0.717) is 5.56 Å². The van der Waals surface area contributed by atoms with Gasteiger partial charge < -0.3 is 5.32 Å². The van der Waals surface area contributed by atoms with Gasteiger partial charge in [-0.05, 0) is 24.6 Å². The number of pyridine rings is 1. The molecule has 1 N–H and O–H groups in total. The Morgan fingerprint density at radius 1 is 1.16 bits per heavy atom. The molecule has 0 aliphatic rings. The van der Waals surface area contributed by atoms with Crippen LogP contribution in [0.5, 0.6) is 0 Å². The fourth-order valence-corrected chi connectivity index (χ4v) is 2.16. The number of carbonyl (C=O) groups is 1. The van der Waals surface area contributed by atoms with Gasteiger partial charge in [-0.25, -0.2) is 4.98 Å². The quantitative estimate of drug-likeness (QED) is 0.873. The summed E-state index contributed by atoms with van der Waals surface area (Å²) in [6.45, 7) is 1.91. The van der Waals surface area contributed by atoms with E-state index in [0.717, 1.165) is 5.56 Å². The first-order valence-corrected chi connectivity index (χ1v) is 6.51. The summed E-state index contributed by atoms with van der Waals surface area (Å²) in [7, 11) is 0. The molecule has 1 heterocycles. The molecule has 5 heteroatoms. The second kappa shape index (κ2) is 6.04. The summed E-state index contributed by atoms with van der Waals surface area (Å²) in [5.41, 5.74) is 1.43. The number of amides is 1. The summed E-state index contributed by atoms with van der Waals surface area (Å²) in [4.78, 5) is 15.9. The summed E-state index contributed by atoms with van der Waals surface area (Å²) < 4.78 is 0. The zero-order chi connectivity index (χ0) is 13.8. The number of nitrogens with one attached hydrogen (secondary N) is 1. The van der Waals surface area contributed by atoms with Crippen molar-refractivity contribution in [2.75, 3.05) is 0 Å². The maximum Gasteiger partial charge on any atom is 0.251 e. The van der Waals surface area contributed by atoms with Crippen LogP contribution in [0.4, 0.5) is 0 Å². The highest BCUT2D eigenvalue weighted by atomic mass is 35.5. The van der Waals surface area contributed by atoms with E-state index in [1.165, 1.54) is 12.1 Å². The van der Waals surface area contributed by atoms with Crippen LogP contribution in [-0.4, -0.2) is 10.9 Å². The number of hydrogen-bond acceptors (Lipinski definition) is 2. The van der Waals surface area contributed by atoms with Crippen LogP contribution in [0.1, 0.15) is 28.9 Å². The minimum atomic E-state index is -0.234. The summed E-state index contributed by atoms with van der Waals surface area (Å²) in [5.74, 6) is -0.234. The van der Waals surface area contributed by atoms with Crippen LogP contribution in [0, 0.1) is 0 Å². The molecule has 2 rings (SSSR count). The van der Waals surface area contributed by atoms with Crippen LogP contribution in [0.15, 0.2) is 42.5 Å². The Balaban J connectivity index is 2.13. The molecular weight excluding hydrogens is 283 g/mol. The third-order valence-electron chi connectivity index (χ3n) is 2.67. The number of benzene rings is 1. The normalized spacial score (nSPS) is 11.9. The number of hydrogen-bond donors (Lipinski definition) is 1. The van der Waals surface area contributed by atoms with Gasteiger partial charge in [-0.2, -0.15) is 0 Å². The van der Waals surface area contributed by atoms with Gasteiger partial charge in [-0.1, -0.05) is 53.5 Å². The highest BCUT2D eigenvalue weighted by molar-refractivity contribution is 6.33. The van der Waals surface area contributed by atoms with Crippen molar-refractivity contribution in [3.8, 4) is 0 Å². The van der Waals surface area contributed by atoms with Crippen molar-refractivity contribution >= 4 is 29.1 Å². The predicted molar refractivity (Wildman–Crippen MR) is 76.6 cm³/mol. The monoisotopic (exact) mass is 294 g/mol. The lowest BCUT2D eigenvalue weighted by atomic mass is 10.1. The number of halogens is 2. The molecule has 0 radical (unpaired) electrons. The van der Waals surface area contributed by atoms with Crippen molar-refractivity contribution in [1.82, 2.24) is 10.3 Å². The fraction of sp³-hybridized carbons (Fsp3) is 0.143. The second-order valence-corrected chi connectivity index (χ2v) is 4.88. The number of rotatable bonds is 3. The Morgan fingerprint density at radius 3 is 2.32 bits per heavy atom. The van der Waals surface area contributed by atoms with Gasteiger partial charge in [0.05, 0.1) is 6.04 Å². The molecule has 0 aliphatic carbocycles. The second-order valence-electron chi connectivity index (χ2n) is 4.11. The minimum Gasteiger partial charge on any atom is -0.346 e. The number of nitrogens with zero attached hydrogens (tertiary/aromatic N) is 1. The Bertz CT molecular complexity index is 567. The van der Waals surface area contributed by atoms with Crippen LogP contribution in [0.25, 0.3) is 0 Å². The van der Waals surface area contributed by atoms with Crippen LogP contribution in [-0.2, 0) is 0 Å². The summed E-state index contributed by atoms with van der Waals surface area (Å²) >= 11 is 11.5. The first-order chi connectivity index (χ1) is 9.06. The van der Waals surface area contributed by atoms with E-state index in [-0.39, 0.29) is 22.3 Å². The molecule has 19 heavy (non-hydrogen) atoms. The summed E-state index contributed by atoms with van der Waals surface area (Å²) in [6, 6.07) is 12.6. The van der Waals surface area contributed by atoms with Crippen LogP contribution < -0.4 is 5.32 Å². The predicted octanol–water partition coefficient (Wildman–Crippen LogP) is 3.88. The molecule has 0 aliphatic heterocycles. The van der Waals surface area contributed by atoms with Crippen LogP contribution >= 0.6 is 23.2 Å². The van der Waals surface area contributed by atoms with Gasteiger partial charge in [0.15, 0.2) is 0 Å². The molecular formula is C14H12Cl2N2O. The summed E-state index contributed by atoms with van der Waals surface area (Å²) in [5, 5.41) is 3.28. The minimum absolute atomic E-state index is 0.0978. The Kier molecular flexibility index (Phi) is 4.40. The van der Waals surface area contributed by atoms with Gasteiger partial charge in [0, 0.05) is 5.56 Å². The van der Waals surface area contributed by atoms with Gasteiger partial charge >= 0.3 is 0 Å². The first kappa shape index (κ1) is 13.8. The van der Waals surface area contributed by atoms with E-state index < -0.39 is 0 Å². The van der Waals surface area contributed by atoms with Gasteiger partial charge in [-0.15, -0.1) is 0 Å². The van der Waals surface area contributed by atoms with Crippen molar-refractivity contribution < 1.29 is 4.79 Å². The maximum absolute atomic E-state index is 12.1. The first-order valence-electron chi connectivity index (χ1n) is 5.75. The van der Waals surface area contributed by atoms with Gasteiger partial charge in [0.25, 0.3) is 5.91 Å². The Labute approximate surface area is 121 Å². The lowest BCUT2D eigenvalue weighted by Crippen LogP contribution is -2.26. The van der Waals surface area contributed by atoms with Gasteiger partial charge in [0.1, 0.15) is 10.3 Å². The molecule has 98 valence electrons. The zero-order valence-corrected chi connectivity index (χ0v) is 11.7. The van der Waals surface area contributed by atoms with Gasteiger partial charge in [-0.3, -0.25) is 4.79 Å². The number of carbonyl (C=O) groups excluding carboxylic acids is 1. The van der Waals surface area contributed by atoms with E-state index >= 15 is 0 Å². The molecule has 0 fully saturated rings. The highest BCUT2D eigenvalue weighted by Gasteiger charge is 2.12. The molecule has 1 aromatic carbocycles. The maximum atomic E-state index is 12.1. The zero-order valence-electron chi connectivity index (χ0n) is 10.2. The van der Waals surface area contributed by atoms with Crippen molar-refractivity contribution in [2.45, 2.75) is 13.0 Å². The van der Waals surface area contributed by atoms with Crippen LogP contribution in [0.2, 0.25) is 10.3 Å². The van der Waals surface area contributed by atoms with Crippen molar-refractivity contribution in [1.29, 1.82) is 0 Å². The van der Waals surface area contributed by atoms with Crippen molar-refractivity contribution in [2.24, 2.45) is 0 Å². The third-order valence-corrected chi connectivity index (χ3v) is 3.06. The average molecular weight is 295 g/mol. The Hall–Kier alpha value is -1.58. The van der Waals surface area contributed by atoms with Crippen molar-refractivity contribution in [3.05, 3.63) is 63.9 Å². The molecule has 0 saturated carbocycles. The molecule has 0 bridgehead atoms.